The van der Waals surface area contributed by atoms with Gasteiger partial charge < -0.3 is 24.7 Å². The number of nitrogens with zero attached hydrogens (tertiary/aromatic N) is 4. The normalized spacial score (nSPS) is 11.4. The molecule has 2 aromatic heterocycles. The number of rotatable bonds is 9. The average Bonchev–Trinajstić information content (AvgIpc) is 3.38. The lowest BCUT2D eigenvalue weighted by Gasteiger charge is -2.15. The molecule has 3 aromatic rings. The van der Waals surface area contributed by atoms with Gasteiger partial charge in [0.2, 0.25) is 0 Å². The summed E-state index contributed by atoms with van der Waals surface area (Å²) < 4.78 is 13.0. The minimum absolute atomic E-state index is 0.417. The third-order valence-electron chi connectivity index (χ3n) is 4.53. The number of anilines is 1. The van der Waals surface area contributed by atoms with Crippen LogP contribution in [-0.4, -0.2) is 41.0 Å². The average molecular weight is 429 g/mol. The monoisotopic (exact) mass is 428 g/mol. The maximum atomic E-state index is 5.60. The molecule has 0 fully saturated rings. The van der Waals surface area contributed by atoms with Crippen molar-refractivity contribution in [3.05, 3.63) is 52.2 Å². The van der Waals surface area contributed by atoms with Crippen molar-refractivity contribution < 1.29 is 9.47 Å². The van der Waals surface area contributed by atoms with E-state index in [-0.39, 0.29) is 0 Å². The maximum Gasteiger partial charge on any atom is 0.196 e. The molecule has 0 saturated carbocycles. The summed E-state index contributed by atoms with van der Waals surface area (Å²) in [5.41, 5.74) is 0.854. The SMILES string of the molecule is CCOc1ccc(NC(=NCc2nnc(C)n2C)NCCc2cccs2)cc1OC. The van der Waals surface area contributed by atoms with Crippen molar-refractivity contribution in [1.82, 2.24) is 20.1 Å². The van der Waals surface area contributed by atoms with Crippen molar-refractivity contribution in [3.8, 4) is 11.5 Å². The molecular formula is C21H28N6O2S. The number of methoxy groups -OCH3 is 1. The molecule has 3 rings (SSSR count). The van der Waals surface area contributed by atoms with E-state index >= 15 is 0 Å². The number of hydrogen-bond acceptors (Lipinski definition) is 6. The van der Waals surface area contributed by atoms with Crippen molar-refractivity contribution in [2.75, 3.05) is 25.6 Å². The molecule has 0 amide bonds. The minimum atomic E-state index is 0.417. The van der Waals surface area contributed by atoms with Gasteiger partial charge in [0.25, 0.3) is 0 Å². The van der Waals surface area contributed by atoms with Crippen molar-refractivity contribution in [3.63, 3.8) is 0 Å². The second-order valence-electron chi connectivity index (χ2n) is 6.57. The highest BCUT2D eigenvalue weighted by atomic mass is 32.1. The number of aromatic nitrogens is 3. The lowest BCUT2D eigenvalue weighted by Crippen LogP contribution is -2.32. The molecule has 0 radical (unpaired) electrons. The smallest absolute Gasteiger partial charge is 0.196 e. The Labute approximate surface area is 181 Å². The van der Waals surface area contributed by atoms with Gasteiger partial charge >= 0.3 is 0 Å². The van der Waals surface area contributed by atoms with Crippen molar-refractivity contribution in [1.29, 1.82) is 0 Å². The van der Waals surface area contributed by atoms with Crippen LogP contribution in [0, 0.1) is 6.92 Å². The van der Waals surface area contributed by atoms with Gasteiger partial charge in [-0.2, -0.15) is 0 Å². The molecule has 2 heterocycles. The summed E-state index contributed by atoms with van der Waals surface area (Å²) in [5, 5.41) is 17.1. The quantitative estimate of drug-likeness (QED) is 0.401. The summed E-state index contributed by atoms with van der Waals surface area (Å²) in [6, 6.07) is 9.93. The molecule has 160 valence electrons. The lowest BCUT2D eigenvalue weighted by atomic mass is 10.2. The van der Waals surface area contributed by atoms with Gasteiger partial charge in [0, 0.05) is 30.2 Å². The molecule has 30 heavy (non-hydrogen) atoms. The summed E-state index contributed by atoms with van der Waals surface area (Å²) in [7, 11) is 3.57. The molecule has 0 aliphatic carbocycles. The highest BCUT2D eigenvalue weighted by molar-refractivity contribution is 7.09. The fraction of sp³-hybridized carbons (Fsp3) is 0.381. The van der Waals surface area contributed by atoms with E-state index in [9.17, 15) is 0 Å². The molecule has 1 aromatic carbocycles. The molecule has 0 aliphatic heterocycles. The maximum absolute atomic E-state index is 5.60. The van der Waals surface area contributed by atoms with Crippen LogP contribution in [0.15, 0.2) is 40.7 Å². The van der Waals surface area contributed by atoms with E-state index in [0.29, 0.717) is 30.6 Å². The molecule has 9 heteroatoms. The Bertz CT molecular complexity index is 968. The number of hydrogen-bond donors (Lipinski definition) is 2. The summed E-state index contributed by atoms with van der Waals surface area (Å²) >= 11 is 1.75. The molecule has 8 nitrogen and oxygen atoms in total. The fourth-order valence-electron chi connectivity index (χ4n) is 2.79. The highest BCUT2D eigenvalue weighted by Gasteiger charge is 2.09. The van der Waals surface area contributed by atoms with Crippen molar-refractivity contribution in [2.45, 2.75) is 26.8 Å². The third kappa shape index (κ3) is 5.73. The first-order chi connectivity index (χ1) is 14.6. The lowest BCUT2D eigenvalue weighted by molar-refractivity contribution is 0.311. The predicted molar refractivity (Wildman–Crippen MR) is 121 cm³/mol. The highest BCUT2D eigenvalue weighted by Crippen LogP contribution is 2.30. The Morgan fingerprint density at radius 2 is 2.10 bits per heavy atom. The Hall–Kier alpha value is -3.07. The number of ether oxygens (including phenoxy) is 2. The van der Waals surface area contributed by atoms with Crippen LogP contribution in [0.3, 0.4) is 0 Å². The van der Waals surface area contributed by atoms with Gasteiger partial charge in [-0.25, -0.2) is 4.99 Å². The van der Waals surface area contributed by atoms with Gasteiger partial charge in [0.1, 0.15) is 12.4 Å². The summed E-state index contributed by atoms with van der Waals surface area (Å²) in [4.78, 5) is 6.03. The van der Waals surface area contributed by atoms with Crippen LogP contribution < -0.4 is 20.1 Å². The first-order valence-corrected chi connectivity index (χ1v) is 10.7. The van der Waals surface area contributed by atoms with E-state index in [4.69, 9.17) is 14.5 Å². The van der Waals surface area contributed by atoms with Gasteiger partial charge in [0.15, 0.2) is 23.3 Å². The van der Waals surface area contributed by atoms with Gasteiger partial charge in [-0.05, 0) is 43.8 Å². The molecular weight excluding hydrogens is 400 g/mol. The molecule has 0 spiro atoms. The van der Waals surface area contributed by atoms with Crippen LogP contribution in [0.2, 0.25) is 0 Å². The zero-order valence-corrected chi connectivity index (χ0v) is 18.6. The first-order valence-electron chi connectivity index (χ1n) is 9.84. The number of nitrogens with one attached hydrogen (secondary N) is 2. The Morgan fingerprint density at radius 3 is 2.77 bits per heavy atom. The fourth-order valence-corrected chi connectivity index (χ4v) is 3.50. The summed E-state index contributed by atoms with van der Waals surface area (Å²) in [6.07, 6.45) is 0.925. The van der Waals surface area contributed by atoms with Crippen LogP contribution in [0.5, 0.6) is 11.5 Å². The molecule has 2 N–H and O–H groups in total. The second kappa shape index (κ2) is 10.6. The van der Waals surface area contributed by atoms with Gasteiger partial charge in [0.05, 0.1) is 13.7 Å². The topological polar surface area (TPSA) is 85.6 Å². The number of aryl methyl sites for hydroxylation is 1. The van der Waals surface area contributed by atoms with Crippen LogP contribution in [0.1, 0.15) is 23.4 Å². The Balaban J connectivity index is 1.73. The molecule has 0 atom stereocenters. The van der Waals surface area contributed by atoms with Crippen molar-refractivity contribution in [2.24, 2.45) is 12.0 Å². The number of benzene rings is 1. The summed E-state index contributed by atoms with van der Waals surface area (Å²) in [5.74, 6) is 3.71. The second-order valence-corrected chi connectivity index (χ2v) is 7.60. The molecule has 0 aliphatic rings. The van der Waals surface area contributed by atoms with Crippen LogP contribution in [0.25, 0.3) is 0 Å². The predicted octanol–water partition coefficient (Wildman–Crippen LogP) is 3.39. The third-order valence-corrected chi connectivity index (χ3v) is 5.47. The molecule has 0 saturated heterocycles. The van der Waals surface area contributed by atoms with E-state index < -0.39 is 0 Å². The Morgan fingerprint density at radius 1 is 1.23 bits per heavy atom. The van der Waals surface area contributed by atoms with Gasteiger partial charge in [-0.3, -0.25) is 0 Å². The first kappa shape index (κ1) is 21.6. The molecule has 0 unspecified atom stereocenters. The van der Waals surface area contributed by atoms with E-state index in [0.717, 1.165) is 30.3 Å². The number of aliphatic imine (C=N–C) groups is 1. The Kier molecular flexibility index (Phi) is 7.67. The van der Waals surface area contributed by atoms with E-state index in [1.54, 1.807) is 18.4 Å². The van der Waals surface area contributed by atoms with Crippen LogP contribution in [-0.2, 0) is 20.0 Å². The van der Waals surface area contributed by atoms with E-state index in [2.05, 4.69) is 38.3 Å². The minimum Gasteiger partial charge on any atom is -0.493 e. The number of guanidine groups is 1. The molecule has 0 bridgehead atoms. The zero-order valence-electron chi connectivity index (χ0n) is 17.8. The van der Waals surface area contributed by atoms with E-state index in [1.807, 2.05) is 43.7 Å². The van der Waals surface area contributed by atoms with E-state index in [1.165, 1.54) is 4.88 Å². The standard InChI is InChI=1S/C21H28N6O2S/c1-5-29-18-9-8-16(13-19(18)28-4)24-21(22-11-10-17-7-6-12-30-17)23-14-20-26-25-15(2)27(20)3/h6-9,12-13H,5,10-11,14H2,1-4H3,(H2,22,23,24). The largest absolute Gasteiger partial charge is 0.493 e. The summed E-state index contributed by atoms with van der Waals surface area (Å²) in [6.45, 7) is 5.63. The number of thiophene rings is 1. The van der Waals surface area contributed by atoms with Gasteiger partial charge in [-0.15, -0.1) is 21.5 Å². The zero-order chi connectivity index (χ0) is 21.3. The van der Waals surface area contributed by atoms with Gasteiger partial charge in [-0.1, -0.05) is 6.07 Å². The van der Waals surface area contributed by atoms with Crippen LogP contribution in [0.4, 0.5) is 5.69 Å². The van der Waals surface area contributed by atoms with Crippen molar-refractivity contribution >= 4 is 23.0 Å². The van der Waals surface area contributed by atoms with Crippen LogP contribution >= 0.6 is 11.3 Å².